The first-order valence-electron chi connectivity index (χ1n) is 7.91. The summed E-state index contributed by atoms with van der Waals surface area (Å²) in [6.45, 7) is 0. The summed E-state index contributed by atoms with van der Waals surface area (Å²) in [5, 5.41) is 2.78. The largest absolute Gasteiger partial charge is 0.344 e. The van der Waals surface area contributed by atoms with E-state index in [0.717, 1.165) is 11.1 Å². The van der Waals surface area contributed by atoms with E-state index in [4.69, 9.17) is 0 Å². The fraction of sp³-hybridized carbons (Fsp3) is 0.263. The maximum absolute atomic E-state index is 12.8. The van der Waals surface area contributed by atoms with Crippen LogP contribution >= 0.6 is 0 Å². The topological polar surface area (TPSA) is 49.4 Å². The quantitative estimate of drug-likeness (QED) is 0.927. The molecule has 1 saturated heterocycles. The lowest BCUT2D eigenvalue weighted by molar-refractivity contribution is -0.134. The van der Waals surface area contributed by atoms with Gasteiger partial charge in [0.15, 0.2) is 0 Å². The number of carbonyl (C=O) groups is 2. The molecule has 0 spiro atoms. The Morgan fingerprint density at radius 1 is 1.04 bits per heavy atom. The van der Waals surface area contributed by atoms with E-state index in [2.05, 4.69) is 29.6 Å². The highest BCUT2D eigenvalue weighted by molar-refractivity contribution is 5.92. The molecule has 116 valence electrons. The average molecular weight is 306 g/mol. The Kier molecular flexibility index (Phi) is 3.18. The van der Waals surface area contributed by atoms with Gasteiger partial charge in [0.25, 0.3) is 0 Å². The molecule has 0 saturated carbocycles. The minimum Gasteiger partial charge on any atom is -0.344 e. The molecule has 1 fully saturated rings. The van der Waals surface area contributed by atoms with Crippen LogP contribution in [-0.4, -0.2) is 29.8 Å². The minimum absolute atomic E-state index is 0.0210. The van der Waals surface area contributed by atoms with Crippen molar-refractivity contribution < 1.29 is 9.59 Å². The summed E-state index contributed by atoms with van der Waals surface area (Å²) in [6.07, 6.45) is 1.01. The number of amides is 2. The predicted octanol–water partition coefficient (Wildman–Crippen LogP) is 2.49. The highest BCUT2D eigenvalue weighted by atomic mass is 16.2. The number of hydrogen-bond donors (Lipinski definition) is 1. The normalized spacial score (nSPS) is 19.2. The molecule has 1 aliphatic heterocycles. The van der Waals surface area contributed by atoms with Crippen LogP contribution in [0.5, 0.6) is 0 Å². The second-order valence-corrected chi connectivity index (χ2v) is 6.18. The molecule has 2 amide bonds. The van der Waals surface area contributed by atoms with E-state index in [1.54, 1.807) is 4.90 Å². The third kappa shape index (κ3) is 2.13. The lowest BCUT2D eigenvalue weighted by Crippen LogP contribution is -2.44. The zero-order valence-electron chi connectivity index (χ0n) is 13.0. The van der Waals surface area contributed by atoms with E-state index < -0.39 is 6.04 Å². The van der Waals surface area contributed by atoms with Crippen molar-refractivity contribution in [1.29, 1.82) is 0 Å². The van der Waals surface area contributed by atoms with E-state index in [1.807, 2.05) is 31.3 Å². The molecule has 4 rings (SSSR count). The van der Waals surface area contributed by atoms with Crippen molar-refractivity contribution in [2.45, 2.75) is 24.9 Å². The standard InChI is InChI=1S/C19H18N2O2/c1-21(19(23)16-10-11-17(22)20-16)18-14-8-4-2-6-12(14)13-7-3-5-9-15(13)18/h2-9,16,18H,10-11H2,1H3,(H,20,22)/t16-/m0/s1. The Labute approximate surface area is 135 Å². The Morgan fingerprint density at radius 2 is 1.61 bits per heavy atom. The molecule has 0 bridgehead atoms. The number of likely N-dealkylation sites (N-methyl/N-ethyl adjacent to an activating group) is 1. The SMILES string of the molecule is CN(C(=O)[C@@H]1CCC(=O)N1)C1c2ccccc2-c2ccccc21. The second-order valence-electron chi connectivity index (χ2n) is 6.18. The number of nitrogens with one attached hydrogen (secondary N) is 1. The molecule has 0 radical (unpaired) electrons. The third-order valence-electron chi connectivity index (χ3n) is 4.83. The molecule has 1 aliphatic carbocycles. The number of nitrogens with zero attached hydrogens (tertiary/aromatic N) is 1. The molecule has 1 atom stereocenters. The molecule has 23 heavy (non-hydrogen) atoms. The first kappa shape index (κ1) is 14.0. The number of benzene rings is 2. The highest BCUT2D eigenvalue weighted by Crippen LogP contribution is 2.45. The minimum atomic E-state index is -0.396. The molecular weight excluding hydrogens is 288 g/mol. The third-order valence-corrected chi connectivity index (χ3v) is 4.83. The van der Waals surface area contributed by atoms with Gasteiger partial charge in [0.1, 0.15) is 6.04 Å². The van der Waals surface area contributed by atoms with Gasteiger partial charge in [-0.25, -0.2) is 0 Å². The van der Waals surface area contributed by atoms with Crippen molar-refractivity contribution in [3.05, 3.63) is 59.7 Å². The van der Waals surface area contributed by atoms with Crippen LogP contribution < -0.4 is 5.32 Å². The van der Waals surface area contributed by atoms with Crippen LogP contribution in [0.3, 0.4) is 0 Å². The summed E-state index contributed by atoms with van der Waals surface area (Å²) < 4.78 is 0. The van der Waals surface area contributed by atoms with Crippen LogP contribution in [0, 0.1) is 0 Å². The fourth-order valence-corrected chi connectivity index (χ4v) is 3.72. The summed E-state index contributed by atoms with van der Waals surface area (Å²) in [4.78, 5) is 26.0. The predicted molar refractivity (Wildman–Crippen MR) is 87.7 cm³/mol. The van der Waals surface area contributed by atoms with Crippen molar-refractivity contribution >= 4 is 11.8 Å². The molecule has 0 aromatic heterocycles. The van der Waals surface area contributed by atoms with Gasteiger partial charge in [-0.2, -0.15) is 0 Å². The Balaban J connectivity index is 1.73. The molecule has 4 heteroatoms. The van der Waals surface area contributed by atoms with Gasteiger partial charge in [-0.15, -0.1) is 0 Å². The van der Waals surface area contributed by atoms with Gasteiger partial charge < -0.3 is 10.2 Å². The van der Waals surface area contributed by atoms with Gasteiger partial charge in [0, 0.05) is 13.5 Å². The van der Waals surface area contributed by atoms with Crippen molar-refractivity contribution in [3.8, 4) is 11.1 Å². The van der Waals surface area contributed by atoms with Crippen molar-refractivity contribution in [2.75, 3.05) is 7.05 Å². The van der Waals surface area contributed by atoms with E-state index in [-0.39, 0.29) is 17.9 Å². The van der Waals surface area contributed by atoms with Crippen LogP contribution in [0.4, 0.5) is 0 Å². The van der Waals surface area contributed by atoms with Crippen LogP contribution in [0.25, 0.3) is 11.1 Å². The van der Waals surface area contributed by atoms with Gasteiger partial charge in [-0.1, -0.05) is 48.5 Å². The van der Waals surface area contributed by atoms with E-state index >= 15 is 0 Å². The molecule has 1 N–H and O–H groups in total. The monoisotopic (exact) mass is 306 g/mol. The maximum Gasteiger partial charge on any atom is 0.245 e. The number of fused-ring (bicyclic) bond motifs is 3. The summed E-state index contributed by atoms with van der Waals surface area (Å²) >= 11 is 0. The zero-order chi connectivity index (χ0) is 16.0. The zero-order valence-corrected chi connectivity index (χ0v) is 13.0. The smallest absolute Gasteiger partial charge is 0.245 e. The van der Waals surface area contributed by atoms with E-state index in [9.17, 15) is 9.59 Å². The molecule has 0 unspecified atom stereocenters. The Bertz CT molecular complexity index is 754. The number of hydrogen-bond acceptors (Lipinski definition) is 2. The van der Waals surface area contributed by atoms with Crippen LogP contribution in [0.15, 0.2) is 48.5 Å². The average Bonchev–Trinajstić information content (AvgIpc) is 3.15. The fourth-order valence-electron chi connectivity index (χ4n) is 3.72. The molecule has 2 aromatic carbocycles. The lowest BCUT2D eigenvalue weighted by Gasteiger charge is -2.29. The van der Waals surface area contributed by atoms with Gasteiger partial charge in [0.2, 0.25) is 11.8 Å². The summed E-state index contributed by atoms with van der Waals surface area (Å²) in [7, 11) is 1.83. The lowest BCUT2D eigenvalue weighted by atomic mass is 10.0. The van der Waals surface area contributed by atoms with Gasteiger partial charge in [0.05, 0.1) is 6.04 Å². The van der Waals surface area contributed by atoms with Gasteiger partial charge in [-0.3, -0.25) is 9.59 Å². The van der Waals surface area contributed by atoms with Crippen LogP contribution in [0.2, 0.25) is 0 Å². The molecule has 1 heterocycles. The number of rotatable bonds is 2. The summed E-state index contributed by atoms with van der Waals surface area (Å²) in [5.74, 6) is -0.0590. The van der Waals surface area contributed by atoms with Crippen molar-refractivity contribution in [3.63, 3.8) is 0 Å². The molecular formula is C19H18N2O2. The summed E-state index contributed by atoms with van der Waals surface area (Å²) in [6, 6.07) is 15.9. The van der Waals surface area contributed by atoms with Gasteiger partial charge in [-0.05, 0) is 28.7 Å². The van der Waals surface area contributed by atoms with E-state index in [1.165, 1.54) is 11.1 Å². The van der Waals surface area contributed by atoms with Crippen LogP contribution in [-0.2, 0) is 9.59 Å². The van der Waals surface area contributed by atoms with Crippen LogP contribution in [0.1, 0.15) is 30.0 Å². The van der Waals surface area contributed by atoms with E-state index in [0.29, 0.717) is 12.8 Å². The second kappa shape index (κ2) is 5.23. The maximum atomic E-state index is 12.8. The van der Waals surface area contributed by atoms with Gasteiger partial charge >= 0.3 is 0 Å². The molecule has 2 aliphatic rings. The highest BCUT2D eigenvalue weighted by Gasteiger charge is 2.37. The van der Waals surface area contributed by atoms with Crippen molar-refractivity contribution in [2.24, 2.45) is 0 Å². The molecule has 4 nitrogen and oxygen atoms in total. The first-order valence-corrected chi connectivity index (χ1v) is 7.91. The summed E-state index contributed by atoms with van der Waals surface area (Å²) in [5.41, 5.74) is 4.66. The Morgan fingerprint density at radius 3 is 2.13 bits per heavy atom. The number of carbonyl (C=O) groups excluding carboxylic acids is 2. The Hall–Kier alpha value is -2.62. The van der Waals surface area contributed by atoms with Crippen molar-refractivity contribution in [1.82, 2.24) is 10.2 Å². The molecule has 2 aromatic rings. The first-order chi connectivity index (χ1) is 11.2.